The second-order valence-corrected chi connectivity index (χ2v) is 7.36. The number of halogens is 6. The summed E-state index contributed by atoms with van der Waals surface area (Å²) in [5, 5.41) is 12.1. The molecule has 0 fully saturated rings. The van der Waals surface area contributed by atoms with E-state index < -0.39 is 37.7 Å². The van der Waals surface area contributed by atoms with Gasteiger partial charge in [-0.15, -0.1) is 0 Å². The van der Waals surface area contributed by atoms with Crippen molar-refractivity contribution in [1.29, 1.82) is 0 Å². The molecule has 2 unspecified atom stereocenters. The van der Waals surface area contributed by atoms with E-state index in [-0.39, 0.29) is 5.75 Å². The second-order valence-electron chi connectivity index (χ2n) is 7.36. The van der Waals surface area contributed by atoms with Crippen LogP contribution in [0.1, 0.15) is 17.2 Å². The third-order valence-corrected chi connectivity index (χ3v) is 4.66. The highest BCUT2D eigenvalue weighted by atomic mass is 19.4. The van der Waals surface area contributed by atoms with Crippen LogP contribution in [0.5, 0.6) is 17.2 Å². The third-order valence-electron chi connectivity index (χ3n) is 4.66. The number of benzene rings is 3. The van der Waals surface area contributed by atoms with Crippen molar-refractivity contribution < 1.29 is 40.9 Å². The van der Waals surface area contributed by atoms with Crippen LogP contribution in [0.4, 0.5) is 26.3 Å². The number of para-hydroxylation sites is 1. The molecule has 0 spiro atoms. The summed E-state index contributed by atoms with van der Waals surface area (Å²) >= 11 is 0. The van der Waals surface area contributed by atoms with Crippen LogP contribution in [-0.2, 0) is 0 Å². The van der Waals surface area contributed by atoms with Gasteiger partial charge in [-0.3, -0.25) is 0 Å². The number of alkyl halides is 6. The number of aliphatic hydroxyl groups is 1. The Bertz CT molecular complexity index is 1060. The first kappa shape index (κ1) is 25.4. The summed E-state index contributed by atoms with van der Waals surface area (Å²) in [6.45, 7) is -2.35. The van der Waals surface area contributed by atoms with E-state index in [4.69, 9.17) is 9.47 Å². The van der Waals surface area contributed by atoms with Crippen LogP contribution in [0.15, 0.2) is 78.9 Å². The maximum Gasteiger partial charge on any atom is 0.422 e. The summed E-state index contributed by atoms with van der Waals surface area (Å²) in [5.41, 5.74) is 0.807. The Kier molecular flexibility index (Phi) is 8.06. The van der Waals surface area contributed by atoms with Gasteiger partial charge in [0.05, 0.1) is 6.04 Å². The van der Waals surface area contributed by atoms with Crippen LogP contribution in [0.3, 0.4) is 0 Å². The highest BCUT2D eigenvalue weighted by Gasteiger charge is 2.38. The van der Waals surface area contributed by atoms with Crippen molar-refractivity contribution in [2.75, 3.05) is 13.2 Å². The standard InChI is InChI=1S/C24H21F6NO3/c25-23(26,27)15-33-19-10-4-6-16(12-19)22(31-14-21(32)24(28,29)30)17-7-5-11-20(13-17)34-18-8-2-1-3-9-18/h1-13,21-22,31-32H,14-15H2. The van der Waals surface area contributed by atoms with Crippen LogP contribution in [-0.4, -0.2) is 36.7 Å². The molecule has 3 aromatic rings. The van der Waals surface area contributed by atoms with Crippen molar-refractivity contribution in [2.45, 2.75) is 24.5 Å². The Morgan fingerprint density at radius 3 is 1.88 bits per heavy atom. The number of nitrogens with one attached hydrogen (secondary N) is 1. The van der Waals surface area contributed by atoms with Gasteiger partial charge < -0.3 is 19.9 Å². The fraction of sp³-hybridized carbons (Fsp3) is 0.250. The smallest absolute Gasteiger partial charge is 0.422 e. The molecule has 0 bridgehead atoms. The van der Waals surface area contributed by atoms with Crippen molar-refractivity contribution in [3.05, 3.63) is 90.0 Å². The Balaban J connectivity index is 1.89. The van der Waals surface area contributed by atoms with Gasteiger partial charge in [0.15, 0.2) is 12.7 Å². The van der Waals surface area contributed by atoms with Gasteiger partial charge in [-0.2, -0.15) is 26.3 Å². The van der Waals surface area contributed by atoms with Crippen molar-refractivity contribution >= 4 is 0 Å². The maximum absolute atomic E-state index is 12.9. The maximum atomic E-state index is 12.9. The quantitative estimate of drug-likeness (QED) is 0.364. The van der Waals surface area contributed by atoms with Gasteiger partial charge in [-0.05, 0) is 47.5 Å². The fourth-order valence-electron chi connectivity index (χ4n) is 3.10. The molecule has 4 nitrogen and oxygen atoms in total. The summed E-state index contributed by atoms with van der Waals surface area (Å²) in [6, 6.07) is 20.0. The zero-order valence-corrected chi connectivity index (χ0v) is 17.6. The van der Waals surface area contributed by atoms with E-state index >= 15 is 0 Å². The Labute approximate surface area is 191 Å². The first-order chi connectivity index (χ1) is 16.0. The topological polar surface area (TPSA) is 50.7 Å². The van der Waals surface area contributed by atoms with E-state index in [0.29, 0.717) is 22.6 Å². The zero-order chi connectivity index (χ0) is 24.8. The van der Waals surface area contributed by atoms with Crippen LogP contribution < -0.4 is 14.8 Å². The predicted octanol–water partition coefficient (Wildman–Crippen LogP) is 6.02. The first-order valence-electron chi connectivity index (χ1n) is 10.1. The lowest BCUT2D eigenvalue weighted by Gasteiger charge is -2.24. The van der Waals surface area contributed by atoms with Gasteiger partial charge in [0, 0.05) is 6.54 Å². The number of ether oxygens (including phenoxy) is 2. The van der Waals surface area contributed by atoms with Crippen molar-refractivity contribution in [1.82, 2.24) is 5.32 Å². The SMILES string of the molecule is OC(CNC(c1cccc(OCC(F)(F)F)c1)c1cccc(Oc2ccccc2)c1)C(F)(F)F. The number of hydrogen-bond donors (Lipinski definition) is 2. The molecule has 3 aromatic carbocycles. The van der Waals surface area contributed by atoms with Crippen molar-refractivity contribution in [3.63, 3.8) is 0 Å². The van der Waals surface area contributed by atoms with Gasteiger partial charge in [0.1, 0.15) is 17.2 Å². The molecule has 2 N–H and O–H groups in total. The molecule has 0 saturated heterocycles. The lowest BCUT2D eigenvalue weighted by molar-refractivity contribution is -0.202. The Morgan fingerprint density at radius 1 is 0.735 bits per heavy atom. The molecule has 2 atom stereocenters. The van der Waals surface area contributed by atoms with Crippen LogP contribution in [0.25, 0.3) is 0 Å². The summed E-state index contributed by atoms with van der Waals surface area (Å²) in [5.74, 6) is 0.838. The minimum absolute atomic E-state index is 0.102. The minimum Gasteiger partial charge on any atom is -0.484 e. The van der Waals surface area contributed by atoms with E-state index in [2.05, 4.69) is 5.32 Å². The molecule has 0 heterocycles. The number of aliphatic hydroxyl groups excluding tert-OH is 1. The molecule has 0 aliphatic heterocycles. The molecule has 0 amide bonds. The molecule has 34 heavy (non-hydrogen) atoms. The summed E-state index contributed by atoms with van der Waals surface area (Å²) in [4.78, 5) is 0. The van der Waals surface area contributed by atoms with Gasteiger partial charge in [0.25, 0.3) is 0 Å². The monoisotopic (exact) mass is 485 g/mol. The van der Waals surface area contributed by atoms with E-state index in [1.807, 2.05) is 6.07 Å². The van der Waals surface area contributed by atoms with Crippen LogP contribution in [0, 0.1) is 0 Å². The molecule has 0 aromatic heterocycles. The molecule has 0 saturated carbocycles. The van der Waals surface area contributed by atoms with Crippen LogP contribution in [0.2, 0.25) is 0 Å². The second kappa shape index (κ2) is 10.8. The number of hydrogen-bond acceptors (Lipinski definition) is 4. The predicted molar refractivity (Wildman–Crippen MR) is 113 cm³/mol. The van der Waals surface area contributed by atoms with E-state index in [9.17, 15) is 31.4 Å². The molecule has 182 valence electrons. The van der Waals surface area contributed by atoms with Crippen molar-refractivity contribution in [2.24, 2.45) is 0 Å². The first-order valence-corrected chi connectivity index (χ1v) is 10.1. The minimum atomic E-state index is -4.84. The fourth-order valence-corrected chi connectivity index (χ4v) is 3.10. The van der Waals surface area contributed by atoms with E-state index in [0.717, 1.165) is 0 Å². The molecular weight excluding hydrogens is 464 g/mol. The van der Waals surface area contributed by atoms with E-state index in [1.54, 1.807) is 48.5 Å². The molecule has 0 aliphatic carbocycles. The van der Waals surface area contributed by atoms with E-state index in [1.165, 1.54) is 24.3 Å². The average Bonchev–Trinajstić information content (AvgIpc) is 2.78. The van der Waals surface area contributed by atoms with Gasteiger partial charge in [0.2, 0.25) is 0 Å². The van der Waals surface area contributed by atoms with Gasteiger partial charge >= 0.3 is 12.4 Å². The molecule has 3 rings (SSSR count). The van der Waals surface area contributed by atoms with Crippen molar-refractivity contribution in [3.8, 4) is 17.2 Å². The average molecular weight is 485 g/mol. The molecule has 0 radical (unpaired) electrons. The number of rotatable bonds is 9. The summed E-state index contributed by atoms with van der Waals surface area (Å²) in [6.07, 6.45) is -12.0. The molecular formula is C24H21F6NO3. The lowest BCUT2D eigenvalue weighted by Crippen LogP contribution is -2.40. The summed E-state index contributed by atoms with van der Waals surface area (Å²) in [7, 11) is 0. The summed E-state index contributed by atoms with van der Waals surface area (Å²) < 4.78 is 86.7. The molecule has 10 heteroatoms. The Hall–Kier alpha value is -3.24. The lowest BCUT2D eigenvalue weighted by atomic mass is 9.98. The highest BCUT2D eigenvalue weighted by molar-refractivity contribution is 5.41. The van der Waals surface area contributed by atoms with Crippen LogP contribution >= 0.6 is 0 Å². The third kappa shape index (κ3) is 7.67. The van der Waals surface area contributed by atoms with Gasteiger partial charge in [-0.1, -0.05) is 42.5 Å². The molecule has 0 aliphatic rings. The van der Waals surface area contributed by atoms with Gasteiger partial charge in [-0.25, -0.2) is 0 Å². The Morgan fingerprint density at radius 2 is 1.29 bits per heavy atom. The highest BCUT2D eigenvalue weighted by Crippen LogP contribution is 2.31. The normalized spacial score (nSPS) is 13.9. The zero-order valence-electron chi connectivity index (χ0n) is 17.6. The largest absolute Gasteiger partial charge is 0.484 e.